The highest BCUT2D eigenvalue weighted by molar-refractivity contribution is 5.79. The molecule has 30 heavy (non-hydrogen) atoms. The Morgan fingerprint density at radius 2 is 1.73 bits per heavy atom. The summed E-state index contributed by atoms with van der Waals surface area (Å²) in [6.45, 7) is 3.41. The van der Waals surface area contributed by atoms with Gasteiger partial charge in [-0.3, -0.25) is 19.8 Å². The molecule has 158 valence electrons. The van der Waals surface area contributed by atoms with Gasteiger partial charge in [0.1, 0.15) is 11.5 Å². The van der Waals surface area contributed by atoms with Crippen LogP contribution in [-0.4, -0.2) is 59.9 Å². The number of para-hydroxylation sites is 2. The molecule has 1 atom stereocenters. The molecule has 4 rings (SSSR count). The summed E-state index contributed by atoms with van der Waals surface area (Å²) >= 11 is 0. The average molecular weight is 412 g/mol. The maximum atomic E-state index is 13.2. The van der Waals surface area contributed by atoms with Crippen molar-refractivity contribution in [2.45, 2.75) is 18.9 Å². The van der Waals surface area contributed by atoms with Gasteiger partial charge in [-0.25, -0.2) is 4.39 Å². The quantitative estimate of drug-likeness (QED) is 0.557. The van der Waals surface area contributed by atoms with Crippen molar-refractivity contribution in [2.24, 2.45) is 0 Å². The predicted molar refractivity (Wildman–Crippen MR) is 112 cm³/mol. The van der Waals surface area contributed by atoms with Crippen molar-refractivity contribution in [3.63, 3.8) is 0 Å². The van der Waals surface area contributed by atoms with E-state index in [1.165, 1.54) is 18.2 Å². The summed E-state index contributed by atoms with van der Waals surface area (Å²) in [5.41, 5.74) is 1.74. The molecule has 2 aromatic carbocycles. The van der Waals surface area contributed by atoms with Crippen molar-refractivity contribution in [1.82, 2.24) is 9.80 Å². The maximum Gasteiger partial charge on any atom is 0.292 e. The molecule has 2 saturated heterocycles. The normalized spacial score (nSPS) is 19.8. The van der Waals surface area contributed by atoms with Crippen LogP contribution in [0.15, 0.2) is 48.5 Å². The van der Waals surface area contributed by atoms with Crippen LogP contribution in [-0.2, 0) is 4.79 Å². The van der Waals surface area contributed by atoms with Gasteiger partial charge in [-0.15, -0.1) is 0 Å². The first-order valence-electron chi connectivity index (χ1n) is 10.3. The van der Waals surface area contributed by atoms with E-state index in [0.29, 0.717) is 38.4 Å². The lowest BCUT2D eigenvalue weighted by atomic mass is 10.0. The van der Waals surface area contributed by atoms with Crippen molar-refractivity contribution in [2.75, 3.05) is 44.2 Å². The second-order valence-electron chi connectivity index (χ2n) is 7.79. The number of halogens is 1. The summed E-state index contributed by atoms with van der Waals surface area (Å²) in [6, 6.07) is 13.4. The minimum Gasteiger partial charge on any atom is -0.362 e. The Morgan fingerprint density at radius 1 is 1.03 bits per heavy atom. The molecule has 0 saturated carbocycles. The van der Waals surface area contributed by atoms with E-state index in [4.69, 9.17) is 0 Å². The summed E-state index contributed by atoms with van der Waals surface area (Å²) < 4.78 is 13.2. The highest BCUT2D eigenvalue weighted by Crippen LogP contribution is 2.32. The van der Waals surface area contributed by atoms with Crippen LogP contribution in [0.2, 0.25) is 0 Å². The van der Waals surface area contributed by atoms with Gasteiger partial charge in [0, 0.05) is 38.3 Å². The van der Waals surface area contributed by atoms with Crippen LogP contribution in [0.25, 0.3) is 0 Å². The third kappa shape index (κ3) is 4.28. The number of nitro groups is 1. The number of hydrogen-bond acceptors (Lipinski definition) is 5. The van der Waals surface area contributed by atoms with Crippen molar-refractivity contribution in [1.29, 1.82) is 0 Å². The molecule has 0 bridgehead atoms. The first-order valence-corrected chi connectivity index (χ1v) is 10.3. The first-order chi connectivity index (χ1) is 14.5. The van der Waals surface area contributed by atoms with Gasteiger partial charge in [-0.2, -0.15) is 0 Å². The van der Waals surface area contributed by atoms with Crippen LogP contribution in [0.5, 0.6) is 0 Å². The molecule has 0 aromatic heterocycles. The summed E-state index contributed by atoms with van der Waals surface area (Å²) in [6.07, 6.45) is 1.98. The third-order valence-corrected chi connectivity index (χ3v) is 6.01. The van der Waals surface area contributed by atoms with E-state index in [-0.39, 0.29) is 28.4 Å². The number of rotatable bonds is 5. The number of amides is 1. The predicted octanol–water partition coefficient (Wildman–Crippen LogP) is 3.22. The minimum atomic E-state index is -0.365. The number of nitro benzene ring substituents is 1. The van der Waals surface area contributed by atoms with Crippen LogP contribution >= 0.6 is 0 Å². The molecule has 2 aliphatic rings. The molecule has 2 heterocycles. The van der Waals surface area contributed by atoms with Gasteiger partial charge in [0.05, 0.1) is 11.5 Å². The molecule has 8 heteroatoms. The number of nitrogens with zero attached hydrogens (tertiary/aromatic N) is 4. The van der Waals surface area contributed by atoms with Gasteiger partial charge in [0.15, 0.2) is 0 Å². The molecule has 0 aliphatic carbocycles. The summed E-state index contributed by atoms with van der Waals surface area (Å²) in [7, 11) is 0. The fourth-order valence-corrected chi connectivity index (χ4v) is 4.43. The number of carbonyl (C=O) groups excluding carboxylic acids is 1. The molecular weight excluding hydrogens is 387 g/mol. The molecule has 1 unspecified atom stereocenters. The lowest BCUT2D eigenvalue weighted by Gasteiger charge is -2.37. The largest absolute Gasteiger partial charge is 0.362 e. The third-order valence-electron chi connectivity index (χ3n) is 6.01. The van der Waals surface area contributed by atoms with Crippen molar-refractivity contribution >= 4 is 17.3 Å². The van der Waals surface area contributed by atoms with E-state index in [0.717, 1.165) is 24.9 Å². The van der Waals surface area contributed by atoms with Gasteiger partial charge < -0.3 is 9.80 Å². The molecular formula is C22H25FN4O3. The van der Waals surface area contributed by atoms with Crippen LogP contribution in [0, 0.1) is 15.9 Å². The Kier molecular flexibility index (Phi) is 5.94. The zero-order valence-electron chi connectivity index (χ0n) is 16.7. The molecule has 2 aliphatic heterocycles. The molecule has 0 N–H and O–H groups in total. The van der Waals surface area contributed by atoms with E-state index in [1.54, 1.807) is 30.3 Å². The van der Waals surface area contributed by atoms with Gasteiger partial charge >= 0.3 is 0 Å². The fourth-order valence-electron chi connectivity index (χ4n) is 4.43. The molecule has 1 amide bonds. The van der Waals surface area contributed by atoms with E-state index < -0.39 is 0 Å². The zero-order chi connectivity index (χ0) is 21.1. The van der Waals surface area contributed by atoms with Gasteiger partial charge in [0.2, 0.25) is 5.91 Å². The highest BCUT2D eigenvalue weighted by Gasteiger charge is 2.31. The second-order valence-corrected chi connectivity index (χ2v) is 7.79. The number of likely N-dealkylation sites (tertiary alicyclic amines) is 1. The lowest BCUT2D eigenvalue weighted by Crippen LogP contribution is -2.51. The van der Waals surface area contributed by atoms with Gasteiger partial charge in [-0.1, -0.05) is 24.3 Å². The Bertz CT molecular complexity index is 913. The van der Waals surface area contributed by atoms with Crippen LogP contribution < -0.4 is 4.90 Å². The van der Waals surface area contributed by atoms with Crippen molar-refractivity contribution in [3.8, 4) is 0 Å². The number of benzene rings is 2. The first kappa shape index (κ1) is 20.3. The molecule has 2 aromatic rings. The number of hydrogen-bond donors (Lipinski definition) is 0. The SMILES string of the molecule is O=C(CN1CCCC1c1ccc(F)cc1)N1CCN(c2ccccc2[N+](=O)[O-])CC1. The molecule has 7 nitrogen and oxygen atoms in total. The summed E-state index contributed by atoms with van der Waals surface area (Å²) in [5.74, 6) is -0.179. The monoisotopic (exact) mass is 412 g/mol. The van der Waals surface area contributed by atoms with E-state index in [2.05, 4.69) is 4.90 Å². The second kappa shape index (κ2) is 8.79. The van der Waals surface area contributed by atoms with Gasteiger partial charge in [-0.05, 0) is 43.1 Å². The fraction of sp³-hybridized carbons (Fsp3) is 0.409. The van der Waals surface area contributed by atoms with E-state index >= 15 is 0 Å². The van der Waals surface area contributed by atoms with Gasteiger partial charge in [0.25, 0.3) is 5.69 Å². The summed E-state index contributed by atoms with van der Waals surface area (Å²) in [4.78, 5) is 29.8. The Morgan fingerprint density at radius 3 is 2.43 bits per heavy atom. The highest BCUT2D eigenvalue weighted by atomic mass is 19.1. The topological polar surface area (TPSA) is 69.9 Å². The van der Waals surface area contributed by atoms with E-state index in [1.807, 2.05) is 9.80 Å². The van der Waals surface area contributed by atoms with Crippen LogP contribution in [0.4, 0.5) is 15.8 Å². The molecule has 2 fully saturated rings. The van der Waals surface area contributed by atoms with Crippen molar-refractivity contribution < 1.29 is 14.1 Å². The van der Waals surface area contributed by atoms with Crippen LogP contribution in [0.3, 0.4) is 0 Å². The smallest absolute Gasteiger partial charge is 0.292 e. The number of carbonyl (C=O) groups is 1. The van der Waals surface area contributed by atoms with E-state index in [9.17, 15) is 19.3 Å². The standard InChI is InChI=1S/C22H25FN4O3/c23-18-9-7-17(8-10-18)19-6-3-11-26(19)16-22(28)25-14-12-24(13-15-25)20-4-1-2-5-21(20)27(29)30/h1-2,4-5,7-10,19H,3,6,11-16H2. The van der Waals surface area contributed by atoms with Crippen LogP contribution in [0.1, 0.15) is 24.4 Å². The number of piperazine rings is 1. The molecule has 0 spiro atoms. The summed E-state index contributed by atoms with van der Waals surface area (Å²) in [5, 5.41) is 11.3. The Labute approximate surface area is 174 Å². The average Bonchev–Trinajstić information content (AvgIpc) is 3.22. The zero-order valence-corrected chi connectivity index (χ0v) is 16.7. The lowest BCUT2D eigenvalue weighted by molar-refractivity contribution is -0.384. The number of anilines is 1. The maximum absolute atomic E-state index is 13.2. The Hall–Kier alpha value is -3.00. The molecule has 0 radical (unpaired) electrons. The minimum absolute atomic E-state index is 0.0752. The van der Waals surface area contributed by atoms with Crippen molar-refractivity contribution in [3.05, 3.63) is 70.0 Å². The Balaban J connectivity index is 1.36.